The quantitative estimate of drug-likeness (QED) is 0.448. The van der Waals surface area contributed by atoms with Crippen LogP contribution in [0.2, 0.25) is 0 Å². The molecule has 2 rings (SSSR count). The average molecular weight is 401 g/mol. The summed E-state index contributed by atoms with van der Waals surface area (Å²) in [5.41, 5.74) is 1.35. The Morgan fingerprint density at radius 3 is 2.52 bits per heavy atom. The molecule has 1 aromatic rings. The van der Waals surface area contributed by atoms with E-state index in [2.05, 4.69) is 47.9 Å². The number of guanidine groups is 1. The zero-order chi connectivity index (χ0) is 14.0. The van der Waals surface area contributed by atoms with Gasteiger partial charge in [-0.25, -0.2) is 0 Å². The normalized spacial score (nSPS) is 16.1. The molecule has 0 bridgehead atoms. The lowest BCUT2D eigenvalue weighted by Crippen LogP contribution is -2.44. The number of aliphatic imine (C=N–C) groups is 1. The number of rotatable bonds is 5. The molecule has 4 heteroatoms. The Labute approximate surface area is 146 Å². The van der Waals surface area contributed by atoms with E-state index in [0.717, 1.165) is 25.5 Å². The fourth-order valence-corrected chi connectivity index (χ4v) is 2.70. The lowest BCUT2D eigenvalue weighted by Gasteiger charge is -2.24. The Morgan fingerprint density at radius 1 is 1.14 bits per heavy atom. The molecule has 0 radical (unpaired) electrons. The van der Waals surface area contributed by atoms with E-state index in [4.69, 9.17) is 4.99 Å². The van der Waals surface area contributed by atoms with E-state index < -0.39 is 0 Å². The molecule has 1 aromatic carbocycles. The van der Waals surface area contributed by atoms with Gasteiger partial charge in [-0.15, -0.1) is 24.0 Å². The lowest BCUT2D eigenvalue weighted by atomic mass is 9.96. The van der Waals surface area contributed by atoms with Crippen molar-refractivity contribution in [2.75, 3.05) is 13.1 Å². The molecule has 0 spiro atoms. The highest BCUT2D eigenvalue weighted by molar-refractivity contribution is 14.0. The molecule has 0 atom stereocenters. The highest BCUT2D eigenvalue weighted by atomic mass is 127. The SMILES string of the molecule is CCNC(=NCCc1ccccc1)NC1CCCCC1.I. The van der Waals surface area contributed by atoms with Crippen molar-refractivity contribution in [1.29, 1.82) is 0 Å². The van der Waals surface area contributed by atoms with Gasteiger partial charge in [-0.1, -0.05) is 49.6 Å². The Morgan fingerprint density at radius 2 is 1.86 bits per heavy atom. The summed E-state index contributed by atoms with van der Waals surface area (Å²) in [5.74, 6) is 0.982. The van der Waals surface area contributed by atoms with E-state index in [1.165, 1.54) is 37.7 Å². The fourth-order valence-electron chi connectivity index (χ4n) is 2.70. The first-order valence-electron chi connectivity index (χ1n) is 7.97. The van der Waals surface area contributed by atoms with E-state index in [0.29, 0.717) is 6.04 Å². The van der Waals surface area contributed by atoms with Crippen LogP contribution in [0, 0.1) is 0 Å². The zero-order valence-corrected chi connectivity index (χ0v) is 15.3. The van der Waals surface area contributed by atoms with E-state index in [9.17, 15) is 0 Å². The first-order chi connectivity index (χ1) is 9.88. The van der Waals surface area contributed by atoms with Gasteiger partial charge in [0.2, 0.25) is 0 Å². The monoisotopic (exact) mass is 401 g/mol. The highest BCUT2D eigenvalue weighted by Crippen LogP contribution is 2.17. The Bertz CT molecular complexity index is 400. The molecule has 1 aliphatic carbocycles. The van der Waals surface area contributed by atoms with Gasteiger partial charge in [0.25, 0.3) is 0 Å². The second kappa shape index (κ2) is 10.9. The summed E-state index contributed by atoms with van der Waals surface area (Å²) in [4.78, 5) is 4.70. The third-order valence-corrected chi connectivity index (χ3v) is 3.80. The van der Waals surface area contributed by atoms with Gasteiger partial charge >= 0.3 is 0 Å². The van der Waals surface area contributed by atoms with Crippen LogP contribution >= 0.6 is 24.0 Å². The zero-order valence-electron chi connectivity index (χ0n) is 13.0. The summed E-state index contributed by atoms with van der Waals surface area (Å²) in [6.45, 7) is 3.88. The second-order valence-electron chi connectivity index (χ2n) is 5.48. The summed E-state index contributed by atoms with van der Waals surface area (Å²) < 4.78 is 0. The predicted molar refractivity (Wildman–Crippen MR) is 102 cm³/mol. The smallest absolute Gasteiger partial charge is 0.191 e. The first-order valence-corrected chi connectivity index (χ1v) is 7.97. The minimum atomic E-state index is 0. The summed E-state index contributed by atoms with van der Waals surface area (Å²) in [5, 5.41) is 6.94. The van der Waals surface area contributed by atoms with Crippen LogP contribution in [0.4, 0.5) is 0 Å². The van der Waals surface area contributed by atoms with Crippen LogP contribution in [-0.4, -0.2) is 25.1 Å². The minimum absolute atomic E-state index is 0. The molecular formula is C17H28IN3. The number of nitrogens with one attached hydrogen (secondary N) is 2. The standard InChI is InChI=1S/C17H27N3.HI/c1-2-18-17(20-16-11-7-4-8-12-16)19-14-13-15-9-5-3-6-10-15;/h3,5-6,9-10,16H,2,4,7-8,11-14H2,1H3,(H2,18,19,20);1H. The molecule has 1 saturated carbocycles. The maximum absolute atomic E-state index is 4.70. The van der Waals surface area contributed by atoms with Crippen molar-refractivity contribution in [1.82, 2.24) is 10.6 Å². The van der Waals surface area contributed by atoms with Crippen LogP contribution in [0.1, 0.15) is 44.6 Å². The Balaban J connectivity index is 0.00000220. The van der Waals surface area contributed by atoms with Crippen LogP contribution in [0.15, 0.2) is 35.3 Å². The van der Waals surface area contributed by atoms with Crippen molar-refractivity contribution >= 4 is 29.9 Å². The molecule has 1 aliphatic rings. The molecule has 21 heavy (non-hydrogen) atoms. The van der Waals surface area contributed by atoms with Crippen LogP contribution in [-0.2, 0) is 6.42 Å². The van der Waals surface area contributed by atoms with Gasteiger partial charge in [-0.05, 0) is 31.7 Å². The van der Waals surface area contributed by atoms with Crippen LogP contribution < -0.4 is 10.6 Å². The van der Waals surface area contributed by atoms with Crippen molar-refractivity contribution in [3.05, 3.63) is 35.9 Å². The van der Waals surface area contributed by atoms with Crippen molar-refractivity contribution < 1.29 is 0 Å². The van der Waals surface area contributed by atoms with Gasteiger partial charge in [0.15, 0.2) is 5.96 Å². The van der Waals surface area contributed by atoms with Crippen molar-refractivity contribution in [2.24, 2.45) is 4.99 Å². The van der Waals surface area contributed by atoms with Gasteiger partial charge in [-0.2, -0.15) is 0 Å². The number of halogens is 1. The fraction of sp³-hybridized carbons (Fsp3) is 0.588. The van der Waals surface area contributed by atoms with Crippen molar-refractivity contribution in [3.8, 4) is 0 Å². The van der Waals surface area contributed by atoms with E-state index in [1.807, 2.05) is 0 Å². The Hall–Kier alpha value is -0.780. The van der Waals surface area contributed by atoms with Crippen LogP contribution in [0.5, 0.6) is 0 Å². The molecule has 0 aromatic heterocycles. The number of benzene rings is 1. The number of nitrogens with zero attached hydrogens (tertiary/aromatic N) is 1. The summed E-state index contributed by atoms with van der Waals surface area (Å²) in [7, 11) is 0. The first kappa shape index (κ1) is 18.3. The molecule has 0 aliphatic heterocycles. The second-order valence-corrected chi connectivity index (χ2v) is 5.48. The maximum Gasteiger partial charge on any atom is 0.191 e. The molecule has 1 fully saturated rings. The lowest BCUT2D eigenvalue weighted by molar-refractivity contribution is 0.410. The molecular weight excluding hydrogens is 373 g/mol. The summed E-state index contributed by atoms with van der Waals surface area (Å²) in [6.07, 6.45) is 7.65. The molecule has 3 nitrogen and oxygen atoms in total. The maximum atomic E-state index is 4.70. The topological polar surface area (TPSA) is 36.4 Å². The molecule has 0 unspecified atom stereocenters. The largest absolute Gasteiger partial charge is 0.357 e. The Kier molecular flexibility index (Phi) is 9.46. The summed E-state index contributed by atoms with van der Waals surface area (Å²) in [6, 6.07) is 11.2. The minimum Gasteiger partial charge on any atom is -0.357 e. The molecule has 0 saturated heterocycles. The van der Waals surface area contributed by atoms with Gasteiger partial charge in [0.1, 0.15) is 0 Å². The van der Waals surface area contributed by atoms with E-state index >= 15 is 0 Å². The van der Waals surface area contributed by atoms with Crippen molar-refractivity contribution in [3.63, 3.8) is 0 Å². The molecule has 0 heterocycles. The van der Waals surface area contributed by atoms with Crippen LogP contribution in [0.3, 0.4) is 0 Å². The van der Waals surface area contributed by atoms with E-state index in [-0.39, 0.29) is 24.0 Å². The van der Waals surface area contributed by atoms with Gasteiger partial charge in [0, 0.05) is 19.1 Å². The van der Waals surface area contributed by atoms with Gasteiger partial charge < -0.3 is 10.6 Å². The van der Waals surface area contributed by atoms with Crippen molar-refractivity contribution in [2.45, 2.75) is 51.5 Å². The van der Waals surface area contributed by atoms with Gasteiger partial charge in [-0.3, -0.25) is 4.99 Å². The highest BCUT2D eigenvalue weighted by Gasteiger charge is 2.14. The predicted octanol–water partition coefficient (Wildman–Crippen LogP) is 3.73. The average Bonchev–Trinajstić information content (AvgIpc) is 2.49. The van der Waals surface area contributed by atoms with Crippen LogP contribution in [0.25, 0.3) is 0 Å². The third kappa shape index (κ3) is 7.16. The number of hydrogen-bond acceptors (Lipinski definition) is 1. The summed E-state index contributed by atoms with van der Waals surface area (Å²) >= 11 is 0. The molecule has 118 valence electrons. The molecule has 2 N–H and O–H groups in total. The number of hydrogen-bond donors (Lipinski definition) is 2. The van der Waals surface area contributed by atoms with E-state index in [1.54, 1.807) is 0 Å². The van der Waals surface area contributed by atoms with Gasteiger partial charge in [0.05, 0.1) is 0 Å². The third-order valence-electron chi connectivity index (χ3n) is 3.80. The molecule has 0 amide bonds.